The van der Waals surface area contributed by atoms with Crippen LogP contribution in [-0.2, 0) is 24.0 Å². The molecule has 0 aliphatic rings. The second-order valence-electron chi connectivity index (χ2n) is 6.87. The summed E-state index contributed by atoms with van der Waals surface area (Å²) in [5.74, 6) is -2.55. The summed E-state index contributed by atoms with van der Waals surface area (Å²) >= 11 is 3.00. The Balaban J connectivity index is 5.02. The minimum Gasteiger partial charge on any atom is -0.480 e. The van der Waals surface area contributed by atoms with Crippen molar-refractivity contribution in [2.45, 2.75) is 56.8 Å². The van der Waals surface area contributed by atoms with E-state index < -0.39 is 53.8 Å². The Morgan fingerprint density at radius 2 is 1.39 bits per heavy atom. The van der Waals surface area contributed by atoms with E-state index in [2.05, 4.69) is 16.0 Å². The molecule has 4 amide bonds. The van der Waals surface area contributed by atoms with Crippen molar-refractivity contribution in [3.63, 3.8) is 0 Å². The summed E-state index contributed by atoms with van der Waals surface area (Å²) in [6, 6.07) is -4.03. The number of thioether (sulfide) groups is 2. The first-order valence-electron chi connectivity index (χ1n) is 9.69. The number of amides is 4. The lowest BCUT2D eigenvalue weighted by Gasteiger charge is -2.23. The number of aliphatic carboxylic acids is 1. The van der Waals surface area contributed by atoms with E-state index in [4.69, 9.17) is 11.5 Å². The van der Waals surface area contributed by atoms with Crippen LogP contribution in [0.2, 0.25) is 0 Å². The van der Waals surface area contributed by atoms with Crippen LogP contribution in [-0.4, -0.2) is 82.9 Å². The first-order chi connectivity index (χ1) is 14.5. The van der Waals surface area contributed by atoms with Crippen molar-refractivity contribution in [3.8, 4) is 0 Å². The topological polar surface area (TPSA) is 194 Å². The molecule has 31 heavy (non-hydrogen) atoms. The molecule has 0 fully saturated rings. The first-order valence-corrected chi connectivity index (χ1v) is 12.5. The number of nitrogens with two attached hydrogens (primary N) is 2. The van der Waals surface area contributed by atoms with Crippen LogP contribution in [0.25, 0.3) is 0 Å². The molecular formula is C18H33N5O6S2. The molecule has 0 aromatic carbocycles. The quantitative estimate of drug-likeness (QED) is 0.155. The van der Waals surface area contributed by atoms with E-state index >= 15 is 0 Å². The zero-order valence-electron chi connectivity index (χ0n) is 18.0. The number of carboxylic acid groups (broad SMARTS) is 1. The molecule has 0 heterocycles. The van der Waals surface area contributed by atoms with Gasteiger partial charge in [0.15, 0.2) is 0 Å². The highest BCUT2D eigenvalue weighted by Crippen LogP contribution is 2.05. The van der Waals surface area contributed by atoms with Crippen molar-refractivity contribution in [2.24, 2.45) is 11.5 Å². The lowest BCUT2D eigenvalue weighted by Crippen LogP contribution is -2.56. The van der Waals surface area contributed by atoms with E-state index in [1.807, 2.05) is 12.5 Å². The molecule has 4 atom stereocenters. The molecule has 0 spiro atoms. The summed E-state index contributed by atoms with van der Waals surface area (Å²) in [6.45, 7) is 1.46. The molecule has 4 unspecified atom stereocenters. The molecule has 0 saturated heterocycles. The highest BCUT2D eigenvalue weighted by atomic mass is 32.2. The van der Waals surface area contributed by atoms with Gasteiger partial charge >= 0.3 is 5.97 Å². The molecule has 0 aromatic rings. The van der Waals surface area contributed by atoms with E-state index in [1.165, 1.54) is 18.7 Å². The van der Waals surface area contributed by atoms with Crippen LogP contribution in [0.5, 0.6) is 0 Å². The third kappa shape index (κ3) is 12.5. The molecule has 0 bridgehead atoms. The molecule has 0 aromatic heterocycles. The Morgan fingerprint density at radius 1 is 0.839 bits per heavy atom. The van der Waals surface area contributed by atoms with Crippen molar-refractivity contribution < 1.29 is 29.1 Å². The minimum atomic E-state index is -1.32. The normalized spacial score (nSPS) is 14.6. The van der Waals surface area contributed by atoms with Gasteiger partial charge in [-0.3, -0.25) is 19.2 Å². The maximum Gasteiger partial charge on any atom is 0.326 e. The number of nitrogens with one attached hydrogen (secondary N) is 3. The van der Waals surface area contributed by atoms with Gasteiger partial charge in [0, 0.05) is 6.42 Å². The number of carbonyl (C=O) groups excluding carboxylic acids is 4. The van der Waals surface area contributed by atoms with E-state index in [1.54, 1.807) is 11.8 Å². The van der Waals surface area contributed by atoms with Crippen LogP contribution in [0.3, 0.4) is 0 Å². The lowest BCUT2D eigenvalue weighted by atomic mass is 10.1. The van der Waals surface area contributed by atoms with Crippen LogP contribution in [0, 0.1) is 0 Å². The van der Waals surface area contributed by atoms with Gasteiger partial charge in [-0.25, -0.2) is 4.79 Å². The van der Waals surface area contributed by atoms with Gasteiger partial charge in [0.1, 0.15) is 18.1 Å². The van der Waals surface area contributed by atoms with E-state index in [0.717, 1.165) is 0 Å². The summed E-state index contributed by atoms with van der Waals surface area (Å²) in [5, 5.41) is 16.6. The fourth-order valence-corrected chi connectivity index (χ4v) is 3.34. The number of primary amides is 1. The molecule has 0 aliphatic heterocycles. The second-order valence-corrected chi connectivity index (χ2v) is 8.84. The zero-order chi connectivity index (χ0) is 24.0. The molecule has 8 N–H and O–H groups in total. The van der Waals surface area contributed by atoms with Gasteiger partial charge < -0.3 is 32.5 Å². The smallest absolute Gasteiger partial charge is 0.326 e. The highest BCUT2D eigenvalue weighted by molar-refractivity contribution is 7.98. The minimum absolute atomic E-state index is 0.167. The van der Waals surface area contributed by atoms with Crippen molar-refractivity contribution in [1.29, 1.82) is 0 Å². The van der Waals surface area contributed by atoms with Gasteiger partial charge in [0.05, 0.1) is 6.04 Å². The Labute approximate surface area is 190 Å². The third-order valence-electron chi connectivity index (χ3n) is 4.26. The van der Waals surface area contributed by atoms with Gasteiger partial charge in [0.25, 0.3) is 0 Å². The van der Waals surface area contributed by atoms with Crippen LogP contribution in [0.1, 0.15) is 32.6 Å². The average molecular weight is 480 g/mol. The summed E-state index contributed by atoms with van der Waals surface area (Å²) < 4.78 is 0. The molecule has 0 rings (SSSR count). The van der Waals surface area contributed by atoms with E-state index in [-0.39, 0.29) is 19.3 Å². The first kappa shape index (κ1) is 29.0. The van der Waals surface area contributed by atoms with Crippen LogP contribution in [0.15, 0.2) is 0 Å². The summed E-state index contributed by atoms with van der Waals surface area (Å²) in [7, 11) is 0. The Morgan fingerprint density at radius 3 is 1.90 bits per heavy atom. The standard InChI is InChI=1S/C18H33N5O6S2/c1-10(21-16(26)11(19)6-8-30-2)15(25)22-12(7-9-31-3)17(27)23-13(18(28)29)4-5-14(20)24/h10-13H,4-9,19H2,1-3H3,(H2,20,24)(H,21,26)(H,22,25)(H,23,27)(H,28,29). The molecular weight excluding hydrogens is 446 g/mol. The summed E-state index contributed by atoms with van der Waals surface area (Å²) in [5.41, 5.74) is 10.8. The number of hydrogen-bond acceptors (Lipinski definition) is 8. The van der Waals surface area contributed by atoms with Crippen molar-refractivity contribution in [1.82, 2.24) is 16.0 Å². The highest BCUT2D eigenvalue weighted by Gasteiger charge is 2.28. The maximum atomic E-state index is 12.6. The van der Waals surface area contributed by atoms with Gasteiger partial charge in [-0.2, -0.15) is 23.5 Å². The van der Waals surface area contributed by atoms with E-state index in [9.17, 15) is 29.1 Å². The van der Waals surface area contributed by atoms with Gasteiger partial charge in [-0.1, -0.05) is 0 Å². The van der Waals surface area contributed by atoms with Gasteiger partial charge in [-0.15, -0.1) is 0 Å². The van der Waals surface area contributed by atoms with Gasteiger partial charge in [0.2, 0.25) is 23.6 Å². The lowest BCUT2D eigenvalue weighted by molar-refractivity contribution is -0.142. The number of hydrogen-bond donors (Lipinski definition) is 6. The van der Waals surface area contributed by atoms with E-state index in [0.29, 0.717) is 17.9 Å². The zero-order valence-corrected chi connectivity index (χ0v) is 19.6. The van der Waals surface area contributed by atoms with Crippen molar-refractivity contribution in [3.05, 3.63) is 0 Å². The van der Waals surface area contributed by atoms with Crippen LogP contribution in [0.4, 0.5) is 0 Å². The molecule has 0 saturated carbocycles. The summed E-state index contributed by atoms with van der Waals surface area (Å²) in [4.78, 5) is 59.4. The molecule has 0 aliphatic carbocycles. The fraction of sp³-hybridized carbons (Fsp3) is 0.722. The van der Waals surface area contributed by atoms with Crippen LogP contribution >= 0.6 is 23.5 Å². The number of rotatable bonds is 16. The summed E-state index contributed by atoms with van der Waals surface area (Å²) in [6.07, 6.45) is 4.04. The Kier molecular flexibility index (Phi) is 14.7. The Hall–Kier alpha value is -1.99. The molecule has 0 radical (unpaired) electrons. The predicted molar refractivity (Wildman–Crippen MR) is 122 cm³/mol. The van der Waals surface area contributed by atoms with Crippen molar-refractivity contribution >= 4 is 53.1 Å². The number of carbonyl (C=O) groups is 5. The molecule has 11 nitrogen and oxygen atoms in total. The number of carboxylic acids is 1. The molecule has 178 valence electrons. The molecule has 13 heteroatoms. The second kappa shape index (κ2) is 15.8. The predicted octanol–water partition coefficient (Wildman–Crippen LogP) is -1.36. The Bertz CT molecular complexity index is 637. The van der Waals surface area contributed by atoms with Crippen molar-refractivity contribution in [2.75, 3.05) is 24.0 Å². The average Bonchev–Trinajstić information content (AvgIpc) is 2.71. The third-order valence-corrected chi connectivity index (χ3v) is 5.55. The SMILES string of the molecule is CSCCC(N)C(=O)NC(C)C(=O)NC(CCSC)C(=O)NC(CCC(N)=O)C(=O)O. The maximum absolute atomic E-state index is 12.6. The fourth-order valence-electron chi connectivity index (χ4n) is 2.38. The monoisotopic (exact) mass is 479 g/mol. The van der Waals surface area contributed by atoms with Gasteiger partial charge in [-0.05, 0) is 50.2 Å². The van der Waals surface area contributed by atoms with Crippen LogP contribution < -0.4 is 27.4 Å². The largest absolute Gasteiger partial charge is 0.480 e.